The topological polar surface area (TPSA) is 36.9 Å². The van der Waals surface area contributed by atoms with Gasteiger partial charge in [0, 0.05) is 0 Å². The predicted octanol–water partition coefficient (Wildman–Crippen LogP) is 4.60. The third-order valence-corrected chi connectivity index (χ3v) is 7.24. The molecule has 0 spiro atoms. The summed E-state index contributed by atoms with van der Waals surface area (Å²) in [5, 5.41) is -0.572. The lowest BCUT2D eigenvalue weighted by Gasteiger charge is -2.36. The van der Waals surface area contributed by atoms with Crippen LogP contribution in [0.25, 0.3) is 0 Å². The molecule has 0 bridgehead atoms. The summed E-state index contributed by atoms with van der Waals surface area (Å²) < 4.78 is 26.2. The molecule has 2 aliphatic rings. The van der Waals surface area contributed by atoms with Crippen molar-refractivity contribution in [1.29, 1.82) is 0 Å². The molecule has 0 saturated carbocycles. The van der Waals surface area contributed by atoms with Gasteiger partial charge in [-0.15, -0.1) is 0 Å². The van der Waals surface area contributed by atoms with E-state index in [-0.39, 0.29) is 0 Å². The van der Waals surface area contributed by atoms with E-state index in [4.69, 9.17) is 18.6 Å². The van der Waals surface area contributed by atoms with Crippen molar-refractivity contribution in [2.24, 2.45) is 0 Å². The number of benzene rings is 1. The first-order chi connectivity index (χ1) is 12.3. The summed E-state index contributed by atoms with van der Waals surface area (Å²) in [6.45, 7) is 18.8. The van der Waals surface area contributed by atoms with Crippen LogP contribution in [0.2, 0.25) is 0 Å². The molecule has 0 N–H and O–H groups in total. The van der Waals surface area contributed by atoms with Crippen LogP contribution in [0.4, 0.5) is 0 Å². The minimum atomic E-state index is -0.572. The molecule has 2 fully saturated rings. The van der Waals surface area contributed by atoms with Crippen LogP contribution in [0.15, 0.2) is 30.3 Å². The van der Waals surface area contributed by atoms with E-state index in [1.165, 1.54) is 0 Å². The SMILES string of the molecule is CCC(B1OC(C)(C)C(C)(C)O1)(B1OC(C)(C)C(C)(C)O1)c1ccccc1. The Morgan fingerprint density at radius 3 is 1.30 bits per heavy atom. The van der Waals surface area contributed by atoms with Crippen LogP contribution < -0.4 is 0 Å². The summed E-state index contributed by atoms with van der Waals surface area (Å²) in [4.78, 5) is 0. The quantitative estimate of drug-likeness (QED) is 0.725. The zero-order chi connectivity index (χ0) is 20.3. The van der Waals surface area contributed by atoms with E-state index < -0.39 is 41.9 Å². The van der Waals surface area contributed by atoms with E-state index in [2.05, 4.69) is 86.6 Å². The fourth-order valence-corrected chi connectivity index (χ4v) is 3.78. The normalized spacial score (nSPS) is 25.8. The van der Waals surface area contributed by atoms with Gasteiger partial charge in [0.05, 0.1) is 27.6 Å². The van der Waals surface area contributed by atoms with E-state index in [1.54, 1.807) is 0 Å². The van der Waals surface area contributed by atoms with Crippen molar-refractivity contribution in [3.05, 3.63) is 35.9 Å². The fraction of sp³-hybridized carbons (Fsp3) is 0.714. The minimum Gasteiger partial charge on any atom is -0.403 e. The Hall–Kier alpha value is -0.810. The highest BCUT2D eigenvalue weighted by Crippen LogP contribution is 2.50. The third-order valence-electron chi connectivity index (χ3n) is 7.24. The maximum atomic E-state index is 6.54. The van der Waals surface area contributed by atoms with Crippen LogP contribution >= 0.6 is 0 Å². The molecule has 2 heterocycles. The lowest BCUT2D eigenvalue weighted by molar-refractivity contribution is 0.00578. The minimum absolute atomic E-state index is 0.420. The van der Waals surface area contributed by atoms with Gasteiger partial charge in [-0.05, 0) is 67.4 Å². The van der Waals surface area contributed by atoms with Crippen molar-refractivity contribution in [3.63, 3.8) is 0 Å². The summed E-state index contributed by atoms with van der Waals surface area (Å²) in [6, 6.07) is 10.4. The molecule has 0 atom stereocenters. The molecule has 0 radical (unpaired) electrons. The number of rotatable bonds is 4. The molecule has 4 nitrogen and oxygen atoms in total. The molecule has 1 aromatic carbocycles. The molecular weight excluding hydrogens is 338 g/mol. The molecule has 0 unspecified atom stereocenters. The van der Waals surface area contributed by atoms with Crippen molar-refractivity contribution in [2.75, 3.05) is 0 Å². The van der Waals surface area contributed by atoms with Crippen LogP contribution in [0.1, 0.15) is 74.3 Å². The Bertz CT molecular complexity index is 617. The lowest BCUT2D eigenvalue weighted by Crippen LogP contribution is -2.57. The van der Waals surface area contributed by atoms with Crippen LogP contribution in [-0.2, 0) is 23.8 Å². The highest BCUT2D eigenvalue weighted by molar-refractivity contribution is 6.71. The van der Waals surface area contributed by atoms with Gasteiger partial charge in [0.15, 0.2) is 0 Å². The average molecular weight is 372 g/mol. The van der Waals surface area contributed by atoms with E-state index in [0.717, 1.165) is 12.0 Å². The van der Waals surface area contributed by atoms with Crippen molar-refractivity contribution in [1.82, 2.24) is 0 Å². The maximum Gasteiger partial charge on any atom is 0.466 e. The van der Waals surface area contributed by atoms with Gasteiger partial charge in [-0.1, -0.05) is 37.3 Å². The van der Waals surface area contributed by atoms with Crippen molar-refractivity contribution >= 4 is 14.2 Å². The molecular formula is C21H34B2O4. The molecule has 2 aliphatic heterocycles. The van der Waals surface area contributed by atoms with Gasteiger partial charge in [-0.3, -0.25) is 0 Å². The van der Waals surface area contributed by atoms with Crippen LogP contribution in [0.5, 0.6) is 0 Å². The molecule has 6 heteroatoms. The first kappa shape index (κ1) is 20.9. The van der Waals surface area contributed by atoms with E-state index >= 15 is 0 Å². The molecule has 0 aromatic heterocycles. The largest absolute Gasteiger partial charge is 0.466 e. The van der Waals surface area contributed by atoms with Gasteiger partial charge in [0.1, 0.15) is 0 Å². The zero-order valence-electron chi connectivity index (χ0n) is 18.4. The maximum absolute atomic E-state index is 6.54. The molecule has 0 aliphatic carbocycles. The molecule has 0 amide bonds. The first-order valence-electron chi connectivity index (χ1n) is 10.1. The molecule has 2 saturated heterocycles. The van der Waals surface area contributed by atoms with Gasteiger partial charge in [-0.25, -0.2) is 0 Å². The fourth-order valence-electron chi connectivity index (χ4n) is 3.78. The number of hydrogen-bond donors (Lipinski definition) is 0. The second kappa shape index (κ2) is 6.35. The van der Waals surface area contributed by atoms with Gasteiger partial charge < -0.3 is 18.6 Å². The first-order valence-corrected chi connectivity index (χ1v) is 10.1. The highest BCUT2D eigenvalue weighted by atomic mass is 16.7. The summed E-state index contributed by atoms with van der Waals surface area (Å²) in [5.74, 6) is 0. The summed E-state index contributed by atoms with van der Waals surface area (Å²) in [6.07, 6.45) is 0.769. The summed E-state index contributed by atoms with van der Waals surface area (Å²) in [7, 11) is -0.936. The predicted molar refractivity (Wildman–Crippen MR) is 111 cm³/mol. The van der Waals surface area contributed by atoms with Crippen LogP contribution in [0, 0.1) is 0 Å². The summed E-state index contributed by atoms with van der Waals surface area (Å²) >= 11 is 0. The van der Waals surface area contributed by atoms with Crippen molar-refractivity contribution in [2.45, 2.75) is 96.4 Å². The van der Waals surface area contributed by atoms with Gasteiger partial charge >= 0.3 is 14.2 Å². The smallest absolute Gasteiger partial charge is 0.403 e. The lowest BCUT2D eigenvalue weighted by atomic mass is 9.35. The Kier molecular flexibility index (Phi) is 4.92. The Labute approximate surface area is 165 Å². The zero-order valence-corrected chi connectivity index (χ0v) is 18.4. The van der Waals surface area contributed by atoms with Crippen LogP contribution in [-0.4, -0.2) is 36.6 Å². The standard InChI is InChI=1S/C21H34B2O4/c1-10-21(16-14-12-11-13-15-16,22-24-17(2,3)18(4,5)25-22)23-26-19(6,7)20(8,9)27-23/h11-15H,10H2,1-9H3. The van der Waals surface area contributed by atoms with Crippen molar-refractivity contribution in [3.8, 4) is 0 Å². The van der Waals surface area contributed by atoms with Gasteiger partial charge in [-0.2, -0.15) is 0 Å². The monoisotopic (exact) mass is 372 g/mol. The van der Waals surface area contributed by atoms with E-state index in [1.807, 2.05) is 6.07 Å². The van der Waals surface area contributed by atoms with Gasteiger partial charge in [0.25, 0.3) is 0 Å². The Balaban J connectivity index is 2.12. The second-order valence-electron chi connectivity index (χ2n) is 9.94. The highest BCUT2D eigenvalue weighted by Gasteiger charge is 2.69. The molecule has 1 aromatic rings. The molecule has 3 rings (SSSR count). The van der Waals surface area contributed by atoms with E-state index in [9.17, 15) is 0 Å². The van der Waals surface area contributed by atoms with E-state index in [0.29, 0.717) is 0 Å². The second-order valence-corrected chi connectivity index (χ2v) is 9.94. The average Bonchev–Trinajstić information content (AvgIpc) is 2.89. The van der Waals surface area contributed by atoms with Crippen molar-refractivity contribution < 1.29 is 18.6 Å². The summed E-state index contributed by atoms with van der Waals surface area (Å²) in [5.41, 5.74) is -0.565. The third kappa shape index (κ3) is 3.09. The molecule has 27 heavy (non-hydrogen) atoms. The van der Waals surface area contributed by atoms with Crippen LogP contribution in [0.3, 0.4) is 0 Å². The Morgan fingerprint density at radius 1 is 0.667 bits per heavy atom. The molecule has 148 valence electrons. The van der Waals surface area contributed by atoms with Gasteiger partial charge in [0.2, 0.25) is 0 Å². The number of hydrogen-bond acceptors (Lipinski definition) is 4. The Morgan fingerprint density at radius 2 is 1.00 bits per heavy atom.